The molecule has 3 aliphatic rings. The molecule has 2 saturated carbocycles. The van der Waals surface area contributed by atoms with Gasteiger partial charge < -0.3 is 15.5 Å². The predicted octanol–water partition coefficient (Wildman–Crippen LogP) is 3.35. The minimum atomic E-state index is 0.504. The lowest BCUT2D eigenvalue weighted by Gasteiger charge is -2.34. The third kappa shape index (κ3) is 5.14. The Morgan fingerprint density at radius 3 is 2.44 bits per heavy atom. The van der Waals surface area contributed by atoms with E-state index in [4.69, 9.17) is 4.99 Å². The average Bonchev–Trinajstić information content (AvgIpc) is 3.57. The largest absolute Gasteiger partial charge is 0.357 e. The molecule has 2 N–H and O–H groups in total. The molecule has 5 heteroatoms. The van der Waals surface area contributed by atoms with Crippen LogP contribution in [0.25, 0.3) is 0 Å². The van der Waals surface area contributed by atoms with E-state index in [1.54, 1.807) is 0 Å². The molecule has 2 aliphatic carbocycles. The lowest BCUT2D eigenvalue weighted by Crippen LogP contribution is -2.49. The summed E-state index contributed by atoms with van der Waals surface area (Å²) in [4.78, 5) is 12.1. The van der Waals surface area contributed by atoms with Gasteiger partial charge in [0, 0.05) is 37.9 Å². The fraction of sp³-hybridized carbons (Fsp3) is 0.727. The molecule has 27 heavy (non-hydrogen) atoms. The van der Waals surface area contributed by atoms with Crippen molar-refractivity contribution in [2.75, 3.05) is 31.1 Å². The zero-order valence-corrected chi connectivity index (χ0v) is 17.0. The van der Waals surface area contributed by atoms with Gasteiger partial charge in [-0.15, -0.1) is 0 Å². The van der Waals surface area contributed by atoms with E-state index in [-0.39, 0.29) is 0 Å². The number of guanidine groups is 1. The molecule has 0 spiro atoms. The molecule has 0 atom stereocenters. The standard InChI is InChI=1S/C22H35N5/c1-3-23-22(24-15-20(17-7-8-17)18-9-10-18)26-19-11-13-27(14-12-19)21-6-4-5-16(2)25-21/h4-6,17-20H,3,7-15H2,1-2H3,(H2,23,24,26). The maximum atomic E-state index is 4.99. The van der Waals surface area contributed by atoms with E-state index in [2.05, 4.69) is 52.6 Å². The Labute approximate surface area is 164 Å². The molecular formula is C22H35N5. The Bertz CT molecular complexity index is 630. The summed E-state index contributed by atoms with van der Waals surface area (Å²) in [5.41, 5.74) is 1.09. The van der Waals surface area contributed by atoms with Gasteiger partial charge in [-0.05, 0) is 82.3 Å². The summed E-state index contributed by atoms with van der Waals surface area (Å²) in [6, 6.07) is 6.80. The van der Waals surface area contributed by atoms with Gasteiger partial charge >= 0.3 is 0 Å². The summed E-state index contributed by atoms with van der Waals surface area (Å²) < 4.78 is 0. The first-order valence-corrected chi connectivity index (χ1v) is 11.0. The molecule has 148 valence electrons. The molecule has 0 bridgehead atoms. The number of pyridine rings is 1. The van der Waals surface area contributed by atoms with Gasteiger partial charge in [-0.25, -0.2) is 4.98 Å². The zero-order chi connectivity index (χ0) is 18.6. The smallest absolute Gasteiger partial charge is 0.191 e. The van der Waals surface area contributed by atoms with Gasteiger partial charge in [0.1, 0.15) is 5.82 Å². The van der Waals surface area contributed by atoms with Gasteiger partial charge in [0.15, 0.2) is 5.96 Å². The van der Waals surface area contributed by atoms with Crippen molar-refractivity contribution in [2.45, 2.75) is 58.4 Å². The lowest BCUT2D eigenvalue weighted by molar-refractivity contribution is 0.414. The highest BCUT2D eigenvalue weighted by molar-refractivity contribution is 5.80. The number of piperidine rings is 1. The quantitative estimate of drug-likeness (QED) is 0.572. The maximum Gasteiger partial charge on any atom is 0.191 e. The topological polar surface area (TPSA) is 52.6 Å². The Morgan fingerprint density at radius 1 is 1.15 bits per heavy atom. The monoisotopic (exact) mass is 369 g/mol. The van der Waals surface area contributed by atoms with Crippen molar-refractivity contribution in [1.29, 1.82) is 0 Å². The average molecular weight is 370 g/mol. The number of hydrogen-bond donors (Lipinski definition) is 2. The highest BCUT2D eigenvalue weighted by Gasteiger charge is 2.41. The van der Waals surface area contributed by atoms with Crippen LogP contribution in [0, 0.1) is 24.7 Å². The number of hydrogen-bond acceptors (Lipinski definition) is 3. The predicted molar refractivity (Wildman–Crippen MR) is 112 cm³/mol. The molecular weight excluding hydrogens is 334 g/mol. The summed E-state index contributed by atoms with van der Waals surface area (Å²) in [6.07, 6.45) is 8.01. The number of aromatic nitrogens is 1. The molecule has 4 rings (SSSR count). The number of nitrogens with zero attached hydrogens (tertiary/aromatic N) is 3. The molecule has 0 aromatic carbocycles. The molecule has 0 radical (unpaired) electrons. The third-order valence-electron chi connectivity index (χ3n) is 6.29. The lowest BCUT2D eigenvalue weighted by atomic mass is 9.98. The Kier molecular flexibility index (Phi) is 5.84. The highest BCUT2D eigenvalue weighted by atomic mass is 15.2. The van der Waals surface area contributed by atoms with Gasteiger partial charge in [0.2, 0.25) is 0 Å². The number of nitrogens with one attached hydrogen (secondary N) is 2. The van der Waals surface area contributed by atoms with Gasteiger partial charge in [0.25, 0.3) is 0 Å². The van der Waals surface area contributed by atoms with E-state index in [0.29, 0.717) is 6.04 Å². The van der Waals surface area contributed by atoms with Crippen LogP contribution in [-0.4, -0.2) is 43.2 Å². The second-order valence-corrected chi connectivity index (χ2v) is 8.60. The first-order chi connectivity index (χ1) is 13.2. The number of anilines is 1. The molecule has 0 amide bonds. The van der Waals surface area contributed by atoms with Crippen LogP contribution in [0.5, 0.6) is 0 Å². The van der Waals surface area contributed by atoms with Crippen molar-refractivity contribution in [3.05, 3.63) is 23.9 Å². The summed E-state index contributed by atoms with van der Waals surface area (Å²) in [7, 11) is 0. The van der Waals surface area contributed by atoms with Gasteiger partial charge in [-0.2, -0.15) is 0 Å². The molecule has 3 fully saturated rings. The summed E-state index contributed by atoms with van der Waals surface area (Å²) >= 11 is 0. The first kappa shape index (κ1) is 18.6. The van der Waals surface area contributed by atoms with E-state index >= 15 is 0 Å². The van der Waals surface area contributed by atoms with Crippen LogP contribution in [0.15, 0.2) is 23.2 Å². The summed E-state index contributed by atoms with van der Waals surface area (Å²) in [6.45, 7) is 8.27. The fourth-order valence-corrected chi connectivity index (χ4v) is 4.40. The molecule has 0 unspecified atom stereocenters. The fourth-order valence-electron chi connectivity index (χ4n) is 4.40. The molecule has 2 heterocycles. The Hall–Kier alpha value is -1.78. The van der Waals surface area contributed by atoms with Crippen LogP contribution in [0.3, 0.4) is 0 Å². The van der Waals surface area contributed by atoms with E-state index < -0.39 is 0 Å². The van der Waals surface area contributed by atoms with Crippen LogP contribution in [0.2, 0.25) is 0 Å². The SMILES string of the molecule is CCNC(=NCC(C1CC1)C1CC1)NC1CCN(c2cccc(C)n2)CC1. The van der Waals surface area contributed by atoms with Crippen molar-refractivity contribution >= 4 is 11.8 Å². The van der Waals surface area contributed by atoms with Crippen LogP contribution >= 0.6 is 0 Å². The van der Waals surface area contributed by atoms with Crippen LogP contribution < -0.4 is 15.5 Å². The van der Waals surface area contributed by atoms with Crippen LogP contribution in [0.1, 0.15) is 51.1 Å². The molecule has 1 saturated heterocycles. The normalized spacial score (nSPS) is 21.6. The zero-order valence-electron chi connectivity index (χ0n) is 17.0. The number of aryl methyl sites for hydroxylation is 1. The first-order valence-electron chi connectivity index (χ1n) is 11.0. The molecule has 1 aromatic rings. The Balaban J connectivity index is 1.29. The summed E-state index contributed by atoms with van der Waals surface area (Å²) in [5.74, 6) is 4.92. The van der Waals surface area contributed by atoms with E-state index in [0.717, 1.165) is 74.2 Å². The van der Waals surface area contributed by atoms with Crippen LogP contribution in [0.4, 0.5) is 5.82 Å². The van der Waals surface area contributed by atoms with Gasteiger partial charge in [-0.3, -0.25) is 4.99 Å². The molecule has 1 aromatic heterocycles. The van der Waals surface area contributed by atoms with Crippen molar-refractivity contribution in [1.82, 2.24) is 15.6 Å². The van der Waals surface area contributed by atoms with E-state index in [1.165, 1.54) is 25.7 Å². The second-order valence-electron chi connectivity index (χ2n) is 8.60. The van der Waals surface area contributed by atoms with E-state index in [9.17, 15) is 0 Å². The van der Waals surface area contributed by atoms with Crippen molar-refractivity contribution in [3.8, 4) is 0 Å². The number of rotatable bonds is 7. The number of aliphatic imine (C=N–C) groups is 1. The van der Waals surface area contributed by atoms with Gasteiger partial charge in [-0.1, -0.05) is 6.07 Å². The third-order valence-corrected chi connectivity index (χ3v) is 6.29. The minimum Gasteiger partial charge on any atom is -0.357 e. The Morgan fingerprint density at radius 2 is 1.85 bits per heavy atom. The second kappa shape index (κ2) is 8.49. The van der Waals surface area contributed by atoms with Gasteiger partial charge in [0.05, 0.1) is 0 Å². The van der Waals surface area contributed by atoms with Crippen molar-refractivity contribution in [2.24, 2.45) is 22.7 Å². The summed E-state index contributed by atoms with van der Waals surface area (Å²) in [5, 5.41) is 7.17. The van der Waals surface area contributed by atoms with Crippen molar-refractivity contribution in [3.63, 3.8) is 0 Å². The van der Waals surface area contributed by atoms with E-state index in [1.807, 2.05) is 0 Å². The molecule has 1 aliphatic heterocycles. The minimum absolute atomic E-state index is 0.504. The highest BCUT2D eigenvalue weighted by Crippen LogP contribution is 2.49. The molecule has 5 nitrogen and oxygen atoms in total. The van der Waals surface area contributed by atoms with Crippen LogP contribution in [-0.2, 0) is 0 Å². The maximum absolute atomic E-state index is 4.99. The van der Waals surface area contributed by atoms with Crippen molar-refractivity contribution < 1.29 is 0 Å².